The Morgan fingerprint density at radius 1 is 1.56 bits per heavy atom. The van der Waals surface area contributed by atoms with Crippen molar-refractivity contribution in [2.24, 2.45) is 5.41 Å². The Balaban J connectivity index is 2.21. The minimum atomic E-state index is -0.460. The van der Waals surface area contributed by atoms with Crippen LogP contribution in [0.25, 0.3) is 0 Å². The van der Waals surface area contributed by atoms with Crippen molar-refractivity contribution in [3.8, 4) is 0 Å². The minimum Gasteiger partial charge on any atom is -0.367 e. The van der Waals surface area contributed by atoms with Crippen molar-refractivity contribution in [3.05, 3.63) is 27.4 Å². The van der Waals surface area contributed by atoms with Crippen LogP contribution >= 0.6 is 11.6 Å². The number of hydrogen-bond donors (Lipinski definition) is 1. The van der Waals surface area contributed by atoms with Crippen molar-refractivity contribution in [1.29, 1.82) is 0 Å². The second-order valence-electron chi connectivity index (χ2n) is 5.37. The summed E-state index contributed by atoms with van der Waals surface area (Å²) in [6, 6.07) is 2.97. The van der Waals surface area contributed by atoms with E-state index in [0.717, 1.165) is 19.3 Å². The predicted octanol–water partition coefficient (Wildman–Crippen LogP) is 3.63. The number of nitrogens with one attached hydrogen (secondary N) is 1. The average molecular weight is 270 g/mol. The van der Waals surface area contributed by atoms with Gasteiger partial charge in [0, 0.05) is 6.04 Å². The van der Waals surface area contributed by atoms with Gasteiger partial charge in [-0.2, -0.15) is 0 Å². The zero-order valence-electron chi connectivity index (χ0n) is 10.4. The van der Waals surface area contributed by atoms with Gasteiger partial charge in [-0.15, -0.1) is 0 Å². The molecule has 2 rings (SSSR count). The summed E-state index contributed by atoms with van der Waals surface area (Å²) in [6.07, 6.45) is 3.36. The van der Waals surface area contributed by atoms with Crippen LogP contribution in [0.2, 0.25) is 5.15 Å². The van der Waals surface area contributed by atoms with Gasteiger partial charge in [-0.05, 0) is 18.3 Å². The topological polar surface area (TPSA) is 68.1 Å². The Morgan fingerprint density at radius 3 is 2.83 bits per heavy atom. The number of aromatic nitrogens is 1. The van der Waals surface area contributed by atoms with Crippen molar-refractivity contribution < 1.29 is 4.92 Å². The Hall–Kier alpha value is -1.36. The summed E-state index contributed by atoms with van der Waals surface area (Å²) in [4.78, 5) is 14.4. The highest BCUT2D eigenvalue weighted by Crippen LogP contribution is 2.39. The van der Waals surface area contributed by atoms with Crippen LogP contribution in [0.3, 0.4) is 0 Å². The summed E-state index contributed by atoms with van der Waals surface area (Å²) in [7, 11) is 0. The molecule has 0 radical (unpaired) electrons. The summed E-state index contributed by atoms with van der Waals surface area (Å²) in [5.41, 5.74) is 0.145. The van der Waals surface area contributed by atoms with Crippen LogP contribution in [0.5, 0.6) is 0 Å². The quantitative estimate of drug-likeness (QED) is 0.517. The Bertz CT molecular complexity index is 476. The maximum Gasteiger partial charge on any atom is 0.276 e. The number of halogens is 1. The Morgan fingerprint density at radius 2 is 2.28 bits per heavy atom. The molecule has 1 heterocycles. The van der Waals surface area contributed by atoms with E-state index >= 15 is 0 Å². The molecule has 0 amide bonds. The van der Waals surface area contributed by atoms with Crippen molar-refractivity contribution in [2.75, 3.05) is 5.32 Å². The molecule has 0 aromatic carbocycles. The molecular weight excluding hydrogens is 254 g/mol. The zero-order chi connectivity index (χ0) is 13.3. The van der Waals surface area contributed by atoms with E-state index in [0.29, 0.717) is 5.82 Å². The van der Waals surface area contributed by atoms with Crippen LogP contribution < -0.4 is 5.32 Å². The van der Waals surface area contributed by atoms with Gasteiger partial charge in [-0.3, -0.25) is 10.1 Å². The third-order valence-corrected chi connectivity index (χ3v) is 3.76. The van der Waals surface area contributed by atoms with Gasteiger partial charge in [-0.1, -0.05) is 31.9 Å². The van der Waals surface area contributed by atoms with Gasteiger partial charge in [0.25, 0.3) is 5.69 Å². The highest BCUT2D eigenvalue weighted by Gasteiger charge is 2.34. The molecule has 0 aliphatic heterocycles. The van der Waals surface area contributed by atoms with Crippen molar-refractivity contribution in [3.63, 3.8) is 0 Å². The van der Waals surface area contributed by atoms with E-state index in [2.05, 4.69) is 24.1 Å². The van der Waals surface area contributed by atoms with E-state index in [1.807, 2.05) is 0 Å². The number of rotatable bonds is 3. The second kappa shape index (κ2) is 4.72. The molecule has 1 fully saturated rings. The first-order chi connectivity index (χ1) is 8.38. The predicted molar refractivity (Wildman–Crippen MR) is 70.9 cm³/mol. The lowest BCUT2D eigenvalue weighted by atomic mass is 9.87. The van der Waals surface area contributed by atoms with Crippen LogP contribution in [-0.4, -0.2) is 15.9 Å². The molecule has 1 aliphatic rings. The lowest BCUT2D eigenvalue weighted by Gasteiger charge is -2.28. The van der Waals surface area contributed by atoms with Crippen LogP contribution in [0.1, 0.15) is 33.1 Å². The largest absolute Gasteiger partial charge is 0.367 e. The molecular formula is C12H16ClN3O2. The second-order valence-corrected chi connectivity index (χ2v) is 5.76. The highest BCUT2D eigenvalue weighted by molar-refractivity contribution is 6.29. The lowest BCUT2D eigenvalue weighted by molar-refractivity contribution is -0.384. The number of nitro groups is 1. The van der Waals surface area contributed by atoms with Crippen molar-refractivity contribution in [1.82, 2.24) is 4.98 Å². The van der Waals surface area contributed by atoms with E-state index in [4.69, 9.17) is 11.6 Å². The molecule has 0 bridgehead atoms. The standard InChI is InChI=1S/C12H16ClN3O2/c1-12(2)5-3-4-9(12)14-11-7-8(16(17)18)6-10(13)15-11/h6-7,9H,3-5H2,1-2H3,(H,14,15). The van der Waals surface area contributed by atoms with Gasteiger partial charge in [0.05, 0.1) is 17.1 Å². The summed E-state index contributed by atoms with van der Waals surface area (Å²) < 4.78 is 0. The smallest absolute Gasteiger partial charge is 0.276 e. The molecule has 98 valence electrons. The third-order valence-electron chi connectivity index (χ3n) is 3.57. The molecule has 1 N–H and O–H groups in total. The maximum atomic E-state index is 10.8. The Kier molecular flexibility index (Phi) is 3.43. The third kappa shape index (κ3) is 2.72. The van der Waals surface area contributed by atoms with Gasteiger partial charge >= 0.3 is 0 Å². The van der Waals surface area contributed by atoms with Crippen molar-refractivity contribution >= 4 is 23.1 Å². The van der Waals surface area contributed by atoms with Gasteiger partial charge in [0.1, 0.15) is 11.0 Å². The van der Waals surface area contributed by atoms with Crippen LogP contribution in [-0.2, 0) is 0 Å². The highest BCUT2D eigenvalue weighted by atomic mass is 35.5. The molecule has 18 heavy (non-hydrogen) atoms. The van der Waals surface area contributed by atoms with Crippen molar-refractivity contribution in [2.45, 2.75) is 39.2 Å². The molecule has 6 heteroatoms. The first kappa shape index (κ1) is 13.1. The first-order valence-corrected chi connectivity index (χ1v) is 6.35. The summed E-state index contributed by atoms with van der Waals surface area (Å²) in [5.74, 6) is 0.481. The number of anilines is 1. The molecule has 1 unspecified atom stereocenters. The molecule has 0 saturated heterocycles. The fraction of sp³-hybridized carbons (Fsp3) is 0.583. The van der Waals surface area contributed by atoms with Crippen LogP contribution in [0.15, 0.2) is 12.1 Å². The normalized spacial score (nSPS) is 21.8. The molecule has 5 nitrogen and oxygen atoms in total. The summed E-state index contributed by atoms with van der Waals surface area (Å²) >= 11 is 5.80. The Labute approximate surface area is 111 Å². The zero-order valence-corrected chi connectivity index (χ0v) is 11.2. The van der Waals surface area contributed by atoms with E-state index in [1.165, 1.54) is 12.1 Å². The number of nitrogens with zero attached hydrogens (tertiary/aromatic N) is 2. The molecule has 1 aromatic rings. The summed E-state index contributed by atoms with van der Waals surface area (Å²) in [5, 5.41) is 14.2. The van der Waals surface area contributed by atoms with Crippen LogP contribution in [0, 0.1) is 15.5 Å². The van der Waals surface area contributed by atoms with E-state index < -0.39 is 4.92 Å². The van der Waals surface area contributed by atoms with E-state index in [-0.39, 0.29) is 22.3 Å². The maximum absolute atomic E-state index is 10.8. The molecule has 1 atom stereocenters. The minimum absolute atomic E-state index is 0.0340. The van der Waals surface area contributed by atoms with E-state index in [1.54, 1.807) is 0 Å². The summed E-state index contributed by atoms with van der Waals surface area (Å²) in [6.45, 7) is 4.38. The SMILES string of the molecule is CC1(C)CCCC1Nc1cc([N+](=O)[O-])cc(Cl)n1. The lowest BCUT2D eigenvalue weighted by Crippen LogP contribution is -2.31. The number of hydrogen-bond acceptors (Lipinski definition) is 4. The average Bonchev–Trinajstić information content (AvgIpc) is 2.57. The first-order valence-electron chi connectivity index (χ1n) is 5.97. The molecule has 1 aromatic heterocycles. The van der Waals surface area contributed by atoms with Gasteiger partial charge < -0.3 is 5.32 Å². The van der Waals surface area contributed by atoms with Gasteiger partial charge in [0.2, 0.25) is 0 Å². The van der Waals surface area contributed by atoms with E-state index in [9.17, 15) is 10.1 Å². The molecule has 1 saturated carbocycles. The van der Waals surface area contributed by atoms with Gasteiger partial charge in [0.15, 0.2) is 0 Å². The fourth-order valence-corrected chi connectivity index (χ4v) is 2.64. The van der Waals surface area contributed by atoms with Crippen LogP contribution in [0.4, 0.5) is 11.5 Å². The molecule has 0 spiro atoms. The monoisotopic (exact) mass is 269 g/mol. The molecule has 1 aliphatic carbocycles. The number of pyridine rings is 1. The van der Waals surface area contributed by atoms with Gasteiger partial charge in [-0.25, -0.2) is 4.98 Å². The fourth-order valence-electron chi connectivity index (χ4n) is 2.44.